The van der Waals surface area contributed by atoms with Gasteiger partial charge in [-0.2, -0.15) is 0 Å². The van der Waals surface area contributed by atoms with Crippen LogP contribution in [0.5, 0.6) is 0 Å². The SMILES string of the molecule is CCn1c(SC(C)C(=O)NC2CCCC2)nnc1-c1ccccc1. The van der Waals surface area contributed by atoms with Gasteiger partial charge >= 0.3 is 0 Å². The van der Waals surface area contributed by atoms with Crippen LogP contribution in [0.25, 0.3) is 11.4 Å². The van der Waals surface area contributed by atoms with E-state index in [2.05, 4.69) is 27.0 Å². The van der Waals surface area contributed by atoms with Crippen molar-refractivity contribution in [2.75, 3.05) is 0 Å². The van der Waals surface area contributed by atoms with E-state index >= 15 is 0 Å². The van der Waals surface area contributed by atoms with E-state index in [0.29, 0.717) is 6.04 Å². The van der Waals surface area contributed by atoms with Gasteiger partial charge < -0.3 is 9.88 Å². The highest BCUT2D eigenvalue weighted by Gasteiger charge is 2.23. The third-order valence-electron chi connectivity index (χ3n) is 4.42. The summed E-state index contributed by atoms with van der Waals surface area (Å²) in [5.41, 5.74) is 1.04. The quantitative estimate of drug-likeness (QED) is 0.815. The van der Waals surface area contributed by atoms with Crippen molar-refractivity contribution >= 4 is 17.7 Å². The summed E-state index contributed by atoms with van der Waals surface area (Å²) < 4.78 is 2.07. The summed E-state index contributed by atoms with van der Waals surface area (Å²) in [6.07, 6.45) is 4.65. The van der Waals surface area contributed by atoms with Gasteiger partial charge in [0.1, 0.15) is 0 Å². The number of carbonyl (C=O) groups is 1. The van der Waals surface area contributed by atoms with Crippen LogP contribution in [0.15, 0.2) is 35.5 Å². The van der Waals surface area contributed by atoms with Gasteiger partial charge in [0.2, 0.25) is 5.91 Å². The van der Waals surface area contributed by atoms with Gasteiger partial charge in [-0.05, 0) is 26.7 Å². The molecule has 0 spiro atoms. The van der Waals surface area contributed by atoms with Crippen molar-refractivity contribution in [3.63, 3.8) is 0 Å². The van der Waals surface area contributed by atoms with E-state index < -0.39 is 0 Å². The van der Waals surface area contributed by atoms with E-state index in [1.54, 1.807) is 0 Å². The number of nitrogens with one attached hydrogen (secondary N) is 1. The first-order valence-corrected chi connectivity index (χ1v) is 9.52. The summed E-state index contributed by atoms with van der Waals surface area (Å²) >= 11 is 1.48. The van der Waals surface area contributed by atoms with Crippen molar-refractivity contribution in [3.05, 3.63) is 30.3 Å². The molecule has 3 rings (SSSR count). The van der Waals surface area contributed by atoms with Crippen molar-refractivity contribution in [1.29, 1.82) is 0 Å². The molecule has 1 fully saturated rings. The Kier molecular flexibility index (Phi) is 5.56. The van der Waals surface area contributed by atoms with Crippen LogP contribution in [0.1, 0.15) is 39.5 Å². The molecule has 1 aliphatic carbocycles. The Hall–Kier alpha value is -1.82. The molecule has 24 heavy (non-hydrogen) atoms. The molecular weight excluding hydrogens is 320 g/mol. The van der Waals surface area contributed by atoms with Gasteiger partial charge in [0.05, 0.1) is 5.25 Å². The van der Waals surface area contributed by atoms with E-state index in [4.69, 9.17) is 0 Å². The lowest BCUT2D eigenvalue weighted by atomic mass is 10.2. The molecule has 0 radical (unpaired) electrons. The highest BCUT2D eigenvalue weighted by atomic mass is 32.2. The number of hydrogen-bond donors (Lipinski definition) is 1. The standard InChI is InChI=1S/C18H24N4OS/c1-3-22-16(14-9-5-4-6-10-14)20-21-18(22)24-13(2)17(23)19-15-11-7-8-12-15/h4-6,9-10,13,15H,3,7-8,11-12H2,1-2H3,(H,19,23). The predicted molar refractivity (Wildman–Crippen MR) is 96.8 cm³/mol. The number of aromatic nitrogens is 3. The molecule has 1 unspecified atom stereocenters. The second-order valence-corrected chi connectivity index (χ2v) is 7.47. The number of rotatable bonds is 6. The van der Waals surface area contributed by atoms with Crippen LogP contribution < -0.4 is 5.32 Å². The molecule has 1 aliphatic rings. The molecule has 0 aliphatic heterocycles. The first-order valence-electron chi connectivity index (χ1n) is 8.64. The summed E-state index contributed by atoms with van der Waals surface area (Å²) in [7, 11) is 0. The van der Waals surface area contributed by atoms with Crippen LogP contribution in [0.3, 0.4) is 0 Å². The maximum Gasteiger partial charge on any atom is 0.233 e. The van der Waals surface area contributed by atoms with E-state index in [0.717, 1.165) is 35.9 Å². The van der Waals surface area contributed by atoms with Gasteiger partial charge in [-0.25, -0.2) is 0 Å². The highest BCUT2D eigenvalue weighted by molar-refractivity contribution is 8.00. The topological polar surface area (TPSA) is 59.8 Å². The Balaban J connectivity index is 1.70. The molecule has 6 heteroatoms. The maximum absolute atomic E-state index is 12.4. The fourth-order valence-corrected chi connectivity index (χ4v) is 3.98. The summed E-state index contributed by atoms with van der Waals surface area (Å²) in [6, 6.07) is 10.4. The lowest BCUT2D eigenvalue weighted by Crippen LogP contribution is -2.37. The maximum atomic E-state index is 12.4. The highest BCUT2D eigenvalue weighted by Crippen LogP contribution is 2.27. The number of hydrogen-bond acceptors (Lipinski definition) is 4. The average molecular weight is 344 g/mol. The minimum atomic E-state index is -0.177. The largest absolute Gasteiger partial charge is 0.352 e. The molecule has 0 bridgehead atoms. The van der Waals surface area contributed by atoms with Crippen molar-refractivity contribution in [2.24, 2.45) is 0 Å². The minimum absolute atomic E-state index is 0.0961. The van der Waals surface area contributed by atoms with E-state index in [1.165, 1.54) is 24.6 Å². The molecule has 1 atom stereocenters. The minimum Gasteiger partial charge on any atom is -0.352 e. The number of benzene rings is 1. The summed E-state index contributed by atoms with van der Waals surface area (Å²) in [4.78, 5) is 12.4. The molecule has 0 saturated heterocycles. The molecule has 1 aromatic heterocycles. The van der Waals surface area contributed by atoms with Crippen LogP contribution in [-0.4, -0.2) is 32.0 Å². The number of nitrogens with zero attached hydrogens (tertiary/aromatic N) is 3. The van der Waals surface area contributed by atoms with Gasteiger partial charge in [-0.15, -0.1) is 10.2 Å². The smallest absolute Gasteiger partial charge is 0.233 e. The van der Waals surface area contributed by atoms with Crippen molar-refractivity contribution < 1.29 is 4.79 Å². The van der Waals surface area contributed by atoms with Crippen molar-refractivity contribution in [1.82, 2.24) is 20.1 Å². The predicted octanol–water partition coefficient (Wildman–Crippen LogP) is 3.50. The Morgan fingerprint density at radius 1 is 1.29 bits per heavy atom. The lowest BCUT2D eigenvalue weighted by Gasteiger charge is -2.16. The lowest BCUT2D eigenvalue weighted by molar-refractivity contribution is -0.120. The van der Waals surface area contributed by atoms with Gasteiger partial charge in [-0.3, -0.25) is 4.79 Å². The molecule has 1 aromatic carbocycles. The van der Waals surface area contributed by atoms with Crippen LogP contribution in [0.2, 0.25) is 0 Å². The Labute approximate surface area is 147 Å². The normalized spacial score (nSPS) is 16.2. The molecule has 5 nitrogen and oxygen atoms in total. The number of thioether (sulfide) groups is 1. The summed E-state index contributed by atoms with van der Waals surface area (Å²) in [5.74, 6) is 0.947. The summed E-state index contributed by atoms with van der Waals surface area (Å²) in [5, 5.41) is 12.4. The molecule has 128 valence electrons. The zero-order valence-electron chi connectivity index (χ0n) is 14.2. The monoisotopic (exact) mass is 344 g/mol. The molecule has 2 aromatic rings. The molecule has 1 saturated carbocycles. The van der Waals surface area contributed by atoms with Crippen molar-refractivity contribution in [3.8, 4) is 11.4 Å². The van der Waals surface area contributed by atoms with Crippen LogP contribution in [-0.2, 0) is 11.3 Å². The molecular formula is C18H24N4OS. The van der Waals surface area contributed by atoms with Gasteiger partial charge in [0.25, 0.3) is 0 Å². The van der Waals surface area contributed by atoms with Gasteiger partial charge in [0, 0.05) is 18.2 Å². The van der Waals surface area contributed by atoms with E-state index in [9.17, 15) is 4.79 Å². The second-order valence-electron chi connectivity index (χ2n) is 6.17. The third kappa shape index (κ3) is 3.80. The fraction of sp³-hybridized carbons (Fsp3) is 0.500. The Morgan fingerprint density at radius 3 is 2.67 bits per heavy atom. The Morgan fingerprint density at radius 2 is 2.00 bits per heavy atom. The molecule has 1 heterocycles. The first kappa shape index (κ1) is 17.0. The van der Waals surface area contributed by atoms with E-state index in [1.807, 2.05) is 37.3 Å². The second kappa shape index (κ2) is 7.83. The van der Waals surface area contributed by atoms with Gasteiger partial charge in [0.15, 0.2) is 11.0 Å². The number of carbonyl (C=O) groups excluding carboxylic acids is 1. The van der Waals surface area contributed by atoms with E-state index in [-0.39, 0.29) is 11.2 Å². The van der Waals surface area contributed by atoms with Crippen LogP contribution in [0, 0.1) is 0 Å². The number of amides is 1. The molecule has 1 amide bonds. The van der Waals surface area contributed by atoms with Crippen LogP contribution >= 0.6 is 11.8 Å². The molecule has 1 N–H and O–H groups in total. The zero-order chi connectivity index (χ0) is 16.9. The Bertz CT molecular complexity index is 680. The summed E-state index contributed by atoms with van der Waals surface area (Å²) in [6.45, 7) is 4.78. The fourth-order valence-electron chi connectivity index (χ4n) is 3.06. The zero-order valence-corrected chi connectivity index (χ0v) is 15.1. The third-order valence-corrected chi connectivity index (χ3v) is 5.50. The average Bonchev–Trinajstić information content (AvgIpc) is 3.25. The van der Waals surface area contributed by atoms with Crippen molar-refractivity contribution in [2.45, 2.75) is 62.5 Å². The first-order chi connectivity index (χ1) is 11.7. The van der Waals surface area contributed by atoms with Gasteiger partial charge in [-0.1, -0.05) is 54.9 Å². The van der Waals surface area contributed by atoms with Crippen LogP contribution in [0.4, 0.5) is 0 Å².